The molecule has 0 amide bonds. The van der Waals surface area contributed by atoms with E-state index in [1.54, 1.807) is 12.2 Å². The number of hydrogen-bond acceptors (Lipinski definition) is 0. The Morgan fingerprint density at radius 2 is 1.78 bits per heavy atom. The smallest absolute Gasteiger partial charge is 0.101 e. The molecule has 1 radical (unpaired) electrons. The molecule has 0 aliphatic rings. The molecule has 0 aromatic rings. The number of rotatable bonds is 3. The first-order valence-electron chi connectivity index (χ1n) is 2.94. The fraction of sp³-hybridized carbons (Fsp3) is 0.250. The SMILES string of the molecule is C/C=C/C=C/C=C/C[O]. The summed E-state index contributed by atoms with van der Waals surface area (Å²) in [5.74, 6) is 0. The van der Waals surface area contributed by atoms with Crippen LogP contribution >= 0.6 is 0 Å². The van der Waals surface area contributed by atoms with Gasteiger partial charge in [-0.3, -0.25) is 0 Å². The Balaban J connectivity index is 3.35. The molecule has 0 heterocycles. The van der Waals surface area contributed by atoms with E-state index in [4.69, 9.17) is 0 Å². The lowest BCUT2D eigenvalue weighted by atomic mass is 10.4. The van der Waals surface area contributed by atoms with Gasteiger partial charge in [-0.15, -0.1) is 0 Å². The van der Waals surface area contributed by atoms with Gasteiger partial charge in [0, 0.05) is 0 Å². The van der Waals surface area contributed by atoms with Crippen molar-refractivity contribution in [1.29, 1.82) is 0 Å². The van der Waals surface area contributed by atoms with Crippen LogP contribution in [0, 0.1) is 0 Å². The molecule has 0 aliphatic heterocycles. The molecule has 0 aliphatic carbocycles. The number of allylic oxidation sites excluding steroid dienone is 5. The fourth-order valence-corrected chi connectivity index (χ4v) is 0.374. The largest absolute Gasteiger partial charge is 0.232 e. The fourth-order valence-electron chi connectivity index (χ4n) is 0.374. The molecule has 0 N–H and O–H groups in total. The molecule has 0 saturated heterocycles. The van der Waals surface area contributed by atoms with E-state index in [1.807, 2.05) is 31.2 Å². The molecule has 0 saturated carbocycles. The van der Waals surface area contributed by atoms with Crippen molar-refractivity contribution in [2.75, 3.05) is 6.61 Å². The maximum atomic E-state index is 9.82. The van der Waals surface area contributed by atoms with Gasteiger partial charge in [-0.2, -0.15) is 0 Å². The van der Waals surface area contributed by atoms with Gasteiger partial charge in [0.15, 0.2) is 0 Å². The van der Waals surface area contributed by atoms with Gasteiger partial charge in [0.25, 0.3) is 0 Å². The summed E-state index contributed by atoms with van der Waals surface area (Å²) in [4.78, 5) is 0. The highest BCUT2D eigenvalue weighted by Gasteiger charge is 1.62. The second kappa shape index (κ2) is 7.18. The van der Waals surface area contributed by atoms with Crippen LogP contribution in [0.4, 0.5) is 0 Å². The van der Waals surface area contributed by atoms with Crippen molar-refractivity contribution in [1.82, 2.24) is 0 Å². The van der Waals surface area contributed by atoms with E-state index < -0.39 is 0 Å². The van der Waals surface area contributed by atoms with Crippen molar-refractivity contribution < 1.29 is 5.11 Å². The molecular formula is C8H11O. The van der Waals surface area contributed by atoms with Gasteiger partial charge in [0.1, 0.15) is 6.61 Å². The van der Waals surface area contributed by atoms with Gasteiger partial charge in [0.2, 0.25) is 0 Å². The molecule has 0 fully saturated rings. The predicted octanol–water partition coefficient (Wildman–Crippen LogP) is 2.11. The average Bonchev–Trinajstić information content (AvgIpc) is 1.89. The lowest BCUT2D eigenvalue weighted by Crippen LogP contribution is -1.63. The van der Waals surface area contributed by atoms with Crippen LogP contribution in [0.3, 0.4) is 0 Å². The first kappa shape index (κ1) is 8.18. The second-order valence-corrected chi connectivity index (χ2v) is 1.51. The van der Waals surface area contributed by atoms with E-state index in [1.165, 1.54) is 0 Å². The third-order valence-electron chi connectivity index (χ3n) is 0.758. The van der Waals surface area contributed by atoms with Gasteiger partial charge >= 0.3 is 0 Å². The first-order chi connectivity index (χ1) is 4.41. The predicted molar refractivity (Wildman–Crippen MR) is 38.6 cm³/mol. The van der Waals surface area contributed by atoms with Crippen LogP contribution in [0.5, 0.6) is 0 Å². The highest BCUT2D eigenvalue weighted by atomic mass is 16.2. The summed E-state index contributed by atoms with van der Waals surface area (Å²) < 4.78 is 0. The quantitative estimate of drug-likeness (QED) is 0.512. The number of hydrogen-bond donors (Lipinski definition) is 0. The summed E-state index contributed by atoms with van der Waals surface area (Å²) in [5, 5.41) is 9.82. The normalized spacial score (nSPS) is 12.7. The zero-order valence-corrected chi connectivity index (χ0v) is 5.58. The minimum atomic E-state index is -0.139. The lowest BCUT2D eigenvalue weighted by Gasteiger charge is -1.71. The molecule has 0 aromatic carbocycles. The van der Waals surface area contributed by atoms with Crippen molar-refractivity contribution in [2.24, 2.45) is 0 Å². The van der Waals surface area contributed by atoms with E-state index in [2.05, 4.69) is 0 Å². The van der Waals surface area contributed by atoms with Crippen LogP contribution in [0.2, 0.25) is 0 Å². The summed E-state index contributed by atoms with van der Waals surface area (Å²) >= 11 is 0. The molecule has 0 unspecified atom stereocenters. The zero-order chi connectivity index (χ0) is 6.95. The van der Waals surface area contributed by atoms with Crippen LogP contribution in [-0.2, 0) is 5.11 Å². The Hall–Kier alpha value is -0.820. The molecular weight excluding hydrogens is 112 g/mol. The van der Waals surface area contributed by atoms with Crippen LogP contribution in [0.1, 0.15) is 6.92 Å². The Morgan fingerprint density at radius 3 is 2.33 bits per heavy atom. The molecule has 0 rings (SSSR count). The highest BCUT2D eigenvalue weighted by molar-refractivity contribution is 5.10. The first-order valence-corrected chi connectivity index (χ1v) is 2.94. The maximum Gasteiger partial charge on any atom is 0.101 e. The standard InChI is InChI=1S/C8H11O/c1-2-3-4-5-6-7-8-9/h2-7H,8H2,1H3/b3-2+,5-4+,7-6+. The van der Waals surface area contributed by atoms with Gasteiger partial charge in [0.05, 0.1) is 0 Å². The average molecular weight is 123 g/mol. The van der Waals surface area contributed by atoms with Crippen LogP contribution < -0.4 is 0 Å². The van der Waals surface area contributed by atoms with E-state index >= 15 is 0 Å². The second-order valence-electron chi connectivity index (χ2n) is 1.51. The minimum absolute atomic E-state index is 0.139. The summed E-state index contributed by atoms with van der Waals surface area (Å²) in [6.07, 6.45) is 10.9. The summed E-state index contributed by atoms with van der Waals surface area (Å²) in [6, 6.07) is 0. The molecule has 0 bridgehead atoms. The molecule has 0 spiro atoms. The van der Waals surface area contributed by atoms with Gasteiger partial charge in [-0.25, -0.2) is 5.11 Å². The van der Waals surface area contributed by atoms with Crippen molar-refractivity contribution in [3.05, 3.63) is 36.5 Å². The summed E-state index contributed by atoms with van der Waals surface area (Å²) in [6.45, 7) is 1.81. The van der Waals surface area contributed by atoms with E-state index in [0.717, 1.165) is 0 Å². The van der Waals surface area contributed by atoms with Crippen molar-refractivity contribution >= 4 is 0 Å². The van der Waals surface area contributed by atoms with Gasteiger partial charge in [-0.1, -0.05) is 36.5 Å². The topological polar surface area (TPSA) is 19.9 Å². The summed E-state index contributed by atoms with van der Waals surface area (Å²) in [5.41, 5.74) is 0. The molecule has 0 atom stereocenters. The minimum Gasteiger partial charge on any atom is -0.232 e. The van der Waals surface area contributed by atoms with E-state index in [9.17, 15) is 5.11 Å². The third kappa shape index (κ3) is 7.18. The van der Waals surface area contributed by atoms with Crippen molar-refractivity contribution in [3.63, 3.8) is 0 Å². The zero-order valence-electron chi connectivity index (χ0n) is 5.58. The maximum absolute atomic E-state index is 9.82. The lowest BCUT2D eigenvalue weighted by molar-refractivity contribution is 0.232. The highest BCUT2D eigenvalue weighted by Crippen LogP contribution is 1.78. The monoisotopic (exact) mass is 123 g/mol. The Morgan fingerprint density at radius 1 is 1.11 bits per heavy atom. The molecule has 0 aromatic heterocycles. The van der Waals surface area contributed by atoms with Crippen molar-refractivity contribution in [2.45, 2.75) is 6.92 Å². The van der Waals surface area contributed by atoms with Gasteiger partial charge in [-0.05, 0) is 6.92 Å². The Labute approximate surface area is 56.0 Å². The van der Waals surface area contributed by atoms with E-state index in [0.29, 0.717) is 0 Å². The van der Waals surface area contributed by atoms with Crippen LogP contribution in [-0.4, -0.2) is 6.61 Å². The van der Waals surface area contributed by atoms with Crippen molar-refractivity contribution in [3.8, 4) is 0 Å². The van der Waals surface area contributed by atoms with E-state index in [-0.39, 0.29) is 6.61 Å². The third-order valence-corrected chi connectivity index (χ3v) is 0.758. The van der Waals surface area contributed by atoms with Crippen LogP contribution in [0.25, 0.3) is 0 Å². The van der Waals surface area contributed by atoms with Gasteiger partial charge < -0.3 is 0 Å². The summed E-state index contributed by atoms with van der Waals surface area (Å²) in [7, 11) is 0. The molecule has 49 valence electrons. The Bertz CT molecular complexity index is 121. The molecule has 9 heavy (non-hydrogen) atoms. The molecule has 1 heteroatoms. The Kier molecular flexibility index (Phi) is 6.53. The molecule has 1 nitrogen and oxygen atoms in total. The van der Waals surface area contributed by atoms with Crippen LogP contribution in [0.15, 0.2) is 36.5 Å².